The Kier molecular flexibility index (Phi) is 7.12. The average Bonchev–Trinajstić information content (AvgIpc) is 3.23. The second kappa shape index (κ2) is 10.2. The van der Waals surface area contributed by atoms with Crippen molar-refractivity contribution < 1.29 is 19.1 Å². The summed E-state index contributed by atoms with van der Waals surface area (Å²) in [4.78, 5) is 36.0. The predicted octanol–water partition coefficient (Wildman–Crippen LogP) is 5.66. The lowest BCUT2D eigenvalue weighted by Gasteiger charge is -2.32. The highest BCUT2D eigenvalue weighted by Gasteiger charge is 2.43. The molecule has 3 aromatic rings. The summed E-state index contributed by atoms with van der Waals surface area (Å²) >= 11 is 1.55. The number of carbonyl (C=O) groups is 2. The number of ether oxygens (including phenoxy) is 2. The van der Waals surface area contributed by atoms with Crippen molar-refractivity contribution >= 4 is 39.8 Å². The Labute approximate surface area is 208 Å². The van der Waals surface area contributed by atoms with Crippen molar-refractivity contribution in [3.63, 3.8) is 0 Å². The number of aryl methyl sites for hydroxylation is 1. The van der Waals surface area contributed by atoms with E-state index in [2.05, 4.69) is 22.4 Å². The number of hydrogen-bond donors (Lipinski definition) is 1. The smallest absolute Gasteiger partial charge is 0.336 e. The van der Waals surface area contributed by atoms with Gasteiger partial charge in [-0.1, -0.05) is 59.9 Å². The van der Waals surface area contributed by atoms with E-state index in [1.807, 2.05) is 49.4 Å². The van der Waals surface area contributed by atoms with Crippen LogP contribution in [0.4, 0.5) is 10.8 Å². The Bertz CT molecular complexity index is 1330. The summed E-state index contributed by atoms with van der Waals surface area (Å²) in [5.41, 5.74) is 4.95. The summed E-state index contributed by atoms with van der Waals surface area (Å²) in [7, 11) is 2.66. The molecule has 1 N–H and O–H groups in total. The lowest BCUT2D eigenvalue weighted by atomic mass is 9.75. The fourth-order valence-corrected chi connectivity index (χ4v) is 5.47. The Balaban J connectivity index is 1.80. The van der Waals surface area contributed by atoms with Crippen LogP contribution >= 0.6 is 11.3 Å². The van der Waals surface area contributed by atoms with Crippen molar-refractivity contribution in [1.82, 2.24) is 4.98 Å². The molecule has 0 bridgehead atoms. The maximum absolute atomic E-state index is 12.9. The van der Waals surface area contributed by atoms with Crippen molar-refractivity contribution in [2.45, 2.75) is 26.7 Å². The molecule has 7 nitrogen and oxygen atoms in total. The number of carbonyl (C=O) groups excluding carboxylic acids is 2. The fourth-order valence-electron chi connectivity index (χ4n) is 4.48. The summed E-state index contributed by atoms with van der Waals surface area (Å²) in [5, 5.41) is 4.14. The van der Waals surface area contributed by atoms with Gasteiger partial charge in [-0.25, -0.2) is 9.78 Å². The second-order valence-corrected chi connectivity index (χ2v) is 9.23. The van der Waals surface area contributed by atoms with Crippen molar-refractivity contribution in [2.24, 2.45) is 10.9 Å². The monoisotopic (exact) mass is 489 g/mol. The summed E-state index contributed by atoms with van der Waals surface area (Å²) in [5.74, 6) is -2.38. The number of allylic oxidation sites excluding steroid dienone is 1. The first kappa shape index (κ1) is 24.3. The molecule has 2 atom stereocenters. The lowest BCUT2D eigenvalue weighted by Crippen LogP contribution is -2.36. The Morgan fingerprint density at radius 1 is 0.943 bits per heavy atom. The van der Waals surface area contributed by atoms with Crippen LogP contribution in [0.25, 0.3) is 10.4 Å². The normalized spacial score (nSPS) is 17.6. The van der Waals surface area contributed by atoms with Crippen LogP contribution in [0, 0.1) is 12.8 Å². The number of esters is 2. The third kappa shape index (κ3) is 4.74. The standard InChI is InChI=1S/C27H27N3O4S/c1-15-21(25(31)33-4)23(22(16(2)28-15)26(32)34-5)19-13-9-10-14-20(19)30-27-29-17(3)24(35-27)18-11-7-6-8-12-18/h6-14,21,23H,1-5H3,(H,29,30). The van der Waals surface area contributed by atoms with Crippen molar-refractivity contribution in [2.75, 3.05) is 19.5 Å². The number of aliphatic imine (C=N–C) groups is 1. The van der Waals surface area contributed by atoms with E-state index in [9.17, 15) is 9.59 Å². The van der Waals surface area contributed by atoms with E-state index in [1.54, 1.807) is 25.2 Å². The minimum Gasteiger partial charge on any atom is -0.468 e. The largest absolute Gasteiger partial charge is 0.468 e. The molecule has 0 spiro atoms. The topological polar surface area (TPSA) is 89.9 Å². The van der Waals surface area contributed by atoms with E-state index in [1.165, 1.54) is 14.2 Å². The number of para-hydroxylation sites is 1. The first-order valence-corrected chi connectivity index (χ1v) is 12.0. The highest BCUT2D eigenvalue weighted by atomic mass is 32.1. The molecule has 35 heavy (non-hydrogen) atoms. The highest BCUT2D eigenvalue weighted by molar-refractivity contribution is 7.19. The van der Waals surface area contributed by atoms with Gasteiger partial charge in [-0.3, -0.25) is 9.79 Å². The summed E-state index contributed by atoms with van der Waals surface area (Å²) in [6.07, 6.45) is 0. The minimum absolute atomic E-state index is 0.336. The molecule has 4 rings (SSSR count). The zero-order chi connectivity index (χ0) is 25.1. The molecule has 180 valence electrons. The first-order chi connectivity index (χ1) is 16.8. The van der Waals surface area contributed by atoms with Gasteiger partial charge < -0.3 is 14.8 Å². The number of methoxy groups -OCH3 is 2. The average molecular weight is 490 g/mol. The number of nitrogens with zero attached hydrogens (tertiary/aromatic N) is 2. The molecule has 0 fully saturated rings. The molecule has 8 heteroatoms. The molecule has 0 amide bonds. The maximum atomic E-state index is 12.9. The van der Waals surface area contributed by atoms with Gasteiger partial charge in [0, 0.05) is 23.0 Å². The van der Waals surface area contributed by atoms with Crippen molar-refractivity contribution in [3.05, 3.63) is 77.1 Å². The number of rotatable bonds is 6. The quantitative estimate of drug-likeness (QED) is 0.450. The zero-order valence-corrected chi connectivity index (χ0v) is 21.1. The third-order valence-corrected chi connectivity index (χ3v) is 7.18. The van der Waals surface area contributed by atoms with E-state index < -0.39 is 23.8 Å². The van der Waals surface area contributed by atoms with E-state index in [0.717, 1.165) is 27.4 Å². The molecular weight excluding hydrogens is 462 g/mol. The molecule has 2 aromatic carbocycles. The molecule has 2 heterocycles. The van der Waals surface area contributed by atoms with Gasteiger partial charge in [0.25, 0.3) is 0 Å². The predicted molar refractivity (Wildman–Crippen MR) is 138 cm³/mol. The fraction of sp³-hybridized carbons (Fsp3) is 0.259. The van der Waals surface area contributed by atoms with E-state index in [0.29, 0.717) is 22.1 Å². The minimum atomic E-state index is -0.765. The lowest BCUT2D eigenvalue weighted by molar-refractivity contribution is -0.143. The molecule has 1 aromatic heterocycles. The number of nitrogens with one attached hydrogen (secondary N) is 1. The molecule has 1 aliphatic heterocycles. The Morgan fingerprint density at radius 2 is 1.63 bits per heavy atom. The summed E-state index contributed by atoms with van der Waals surface area (Å²) < 4.78 is 10.2. The van der Waals surface area contributed by atoms with Gasteiger partial charge >= 0.3 is 11.9 Å². The van der Waals surface area contributed by atoms with Gasteiger partial charge in [0.05, 0.1) is 30.4 Å². The number of aromatic nitrogens is 1. The van der Waals surface area contributed by atoms with Crippen molar-refractivity contribution in [3.8, 4) is 10.4 Å². The van der Waals surface area contributed by atoms with Crippen LogP contribution in [0.15, 0.2) is 70.9 Å². The molecule has 2 unspecified atom stereocenters. The number of anilines is 2. The van der Waals surface area contributed by atoms with Gasteiger partial charge in [-0.05, 0) is 38.0 Å². The maximum Gasteiger partial charge on any atom is 0.336 e. The number of benzene rings is 2. The zero-order valence-electron chi connectivity index (χ0n) is 20.3. The van der Waals surface area contributed by atoms with Crippen LogP contribution in [-0.2, 0) is 19.1 Å². The Hall–Kier alpha value is -3.78. The van der Waals surface area contributed by atoms with Crippen LogP contribution in [-0.4, -0.2) is 36.9 Å². The van der Waals surface area contributed by atoms with Crippen LogP contribution in [0.3, 0.4) is 0 Å². The molecule has 0 radical (unpaired) electrons. The highest BCUT2D eigenvalue weighted by Crippen LogP contribution is 2.44. The van der Waals surface area contributed by atoms with E-state index in [-0.39, 0.29) is 0 Å². The van der Waals surface area contributed by atoms with Crippen LogP contribution in [0.2, 0.25) is 0 Å². The van der Waals surface area contributed by atoms with Gasteiger partial charge in [-0.2, -0.15) is 0 Å². The Morgan fingerprint density at radius 3 is 2.31 bits per heavy atom. The van der Waals surface area contributed by atoms with Crippen LogP contribution in [0.1, 0.15) is 31.0 Å². The SMILES string of the molecule is COC(=O)C1=C(C)N=C(C)C(C(=O)OC)C1c1ccccc1Nc1nc(C)c(-c2ccccc2)s1. The first-order valence-electron chi connectivity index (χ1n) is 11.2. The third-order valence-electron chi connectivity index (χ3n) is 6.06. The summed E-state index contributed by atoms with van der Waals surface area (Å²) in [6.45, 7) is 5.51. The molecule has 1 aliphatic rings. The van der Waals surface area contributed by atoms with Crippen molar-refractivity contribution in [1.29, 1.82) is 0 Å². The second-order valence-electron chi connectivity index (χ2n) is 8.23. The van der Waals surface area contributed by atoms with Gasteiger partial charge in [0.2, 0.25) is 0 Å². The molecule has 0 aliphatic carbocycles. The van der Waals surface area contributed by atoms with E-state index >= 15 is 0 Å². The van der Waals surface area contributed by atoms with Gasteiger partial charge in [-0.15, -0.1) is 0 Å². The van der Waals surface area contributed by atoms with Gasteiger partial charge in [0.1, 0.15) is 5.92 Å². The molecule has 0 saturated heterocycles. The van der Waals surface area contributed by atoms with Crippen LogP contribution < -0.4 is 5.32 Å². The van der Waals surface area contributed by atoms with Crippen LogP contribution in [0.5, 0.6) is 0 Å². The number of hydrogen-bond acceptors (Lipinski definition) is 8. The molecular formula is C27H27N3O4S. The van der Waals surface area contributed by atoms with Gasteiger partial charge in [0.15, 0.2) is 5.13 Å². The molecule has 0 saturated carbocycles. The number of thiazole rings is 1. The summed E-state index contributed by atoms with van der Waals surface area (Å²) in [6, 6.07) is 17.7. The van der Waals surface area contributed by atoms with E-state index in [4.69, 9.17) is 14.5 Å².